The van der Waals surface area contributed by atoms with Crippen LogP contribution >= 0.6 is 11.6 Å². The summed E-state index contributed by atoms with van der Waals surface area (Å²) in [7, 11) is 0. The molecule has 0 fully saturated rings. The summed E-state index contributed by atoms with van der Waals surface area (Å²) in [5.41, 5.74) is 2.16. The third-order valence-electron chi connectivity index (χ3n) is 2.43. The number of rotatable bonds is 3. The third-order valence-corrected chi connectivity index (χ3v) is 2.56. The summed E-state index contributed by atoms with van der Waals surface area (Å²) < 4.78 is 5.06. The third kappa shape index (κ3) is 2.36. The van der Waals surface area contributed by atoms with Crippen LogP contribution in [0.3, 0.4) is 0 Å². The fourth-order valence-electron chi connectivity index (χ4n) is 1.67. The first-order valence-corrected chi connectivity index (χ1v) is 5.72. The lowest BCUT2D eigenvalue weighted by Crippen LogP contribution is -2.25. The summed E-state index contributed by atoms with van der Waals surface area (Å²) in [6.45, 7) is 7.28. The minimum absolute atomic E-state index is 0.216. The summed E-state index contributed by atoms with van der Waals surface area (Å²) in [6.07, 6.45) is 0. The number of amides is 1. The molecule has 0 saturated heterocycles. The maximum absolute atomic E-state index is 12.1. The van der Waals surface area contributed by atoms with Gasteiger partial charge in [0.2, 0.25) is 0 Å². The highest BCUT2D eigenvalue weighted by atomic mass is 35.5. The van der Waals surface area contributed by atoms with Gasteiger partial charge in [-0.2, -0.15) is 0 Å². The largest absolute Gasteiger partial charge is 0.347 e. The topological polar surface area (TPSA) is 68.0 Å². The number of carbonyl (C=O) groups is 1. The average Bonchev–Trinajstić information content (AvgIpc) is 2.66. The number of aryl methyl sites for hydroxylation is 2. The minimum Gasteiger partial charge on any atom is -0.347 e. The van der Waals surface area contributed by atoms with Crippen LogP contribution in [0.4, 0.5) is 0 Å². The van der Waals surface area contributed by atoms with Gasteiger partial charge >= 0.3 is 0 Å². The highest BCUT2D eigenvalue weighted by Gasteiger charge is 2.17. The second-order valence-corrected chi connectivity index (χ2v) is 4.49. The van der Waals surface area contributed by atoms with Gasteiger partial charge in [-0.1, -0.05) is 23.3 Å². The molecule has 2 aromatic heterocycles. The van der Waals surface area contributed by atoms with Crippen LogP contribution in [-0.4, -0.2) is 22.6 Å². The molecule has 2 heterocycles. The van der Waals surface area contributed by atoms with Gasteiger partial charge in [0.15, 0.2) is 0 Å². The Morgan fingerprint density at radius 1 is 1.56 bits per heavy atom. The predicted molar refractivity (Wildman–Crippen MR) is 68.6 cm³/mol. The van der Waals surface area contributed by atoms with Crippen LogP contribution in [0.5, 0.6) is 0 Å². The number of nitrogens with zero attached hydrogens (tertiary/aromatic N) is 2. The molecule has 0 unspecified atom stereocenters. The zero-order valence-electron chi connectivity index (χ0n) is 10.1. The molecule has 18 heavy (non-hydrogen) atoms. The highest BCUT2D eigenvalue weighted by Crippen LogP contribution is 2.21. The van der Waals surface area contributed by atoms with Crippen molar-refractivity contribution in [3.05, 3.63) is 34.6 Å². The van der Waals surface area contributed by atoms with E-state index in [2.05, 4.69) is 22.0 Å². The van der Waals surface area contributed by atoms with Crippen LogP contribution < -0.4 is 5.32 Å². The average molecular weight is 266 g/mol. The van der Waals surface area contributed by atoms with Gasteiger partial charge < -0.3 is 9.84 Å². The number of carbonyl (C=O) groups excluding carboxylic acids is 1. The van der Waals surface area contributed by atoms with Gasteiger partial charge in [-0.05, 0) is 19.9 Å². The molecule has 0 aliphatic rings. The first-order chi connectivity index (χ1) is 8.49. The highest BCUT2D eigenvalue weighted by molar-refractivity contribution is 6.29. The van der Waals surface area contributed by atoms with Crippen LogP contribution in [0.25, 0.3) is 11.1 Å². The molecule has 0 spiro atoms. The number of halogens is 1. The van der Waals surface area contributed by atoms with Crippen LogP contribution in [0.1, 0.15) is 21.7 Å². The molecule has 2 aromatic rings. The Balaban J connectivity index is 2.45. The van der Waals surface area contributed by atoms with Crippen molar-refractivity contribution < 1.29 is 9.32 Å². The lowest BCUT2D eigenvalue weighted by molar-refractivity contribution is 0.0959. The lowest BCUT2D eigenvalue weighted by atomic mass is 10.1. The minimum atomic E-state index is -0.251. The molecule has 1 amide bonds. The zero-order valence-corrected chi connectivity index (χ0v) is 10.8. The Labute approximate surface area is 109 Å². The molecular formula is C12H12ClN3O2. The second-order valence-electron chi connectivity index (χ2n) is 3.96. The van der Waals surface area contributed by atoms with Crippen molar-refractivity contribution >= 4 is 28.6 Å². The van der Waals surface area contributed by atoms with E-state index in [1.807, 2.05) is 0 Å². The van der Waals surface area contributed by atoms with Gasteiger partial charge in [0.25, 0.3) is 11.6 Å². The Kier molecular flexibility index (Phi) is 3.34. The molecule has 94 valence electrons. The van der Waals surface area contributed by atoms with E-state index < -0.39 is 0 Å². The summed E-state index contributed by atoms with van der Waals surface area (Å²) >= 11 is 5.62. The summed E-state index contributed by atoms with van der Waals surface area (Å²) in [5.74, 6) is -0.251. The number of aromatic nitrogens is 2. The first-order valence-electron chi connectivity index (χ1n) is 5.34. The summed E-state index contributed by atoms with van der Waals surface area (Å²) in [5, 5.41) is 7.47. The number of hydrogen-bond acceptors (Lipinski definition) is 4. The molecule has 1 N–H and O–H groups in total. The van der Waals surface area contributed by atoms with Crippen LogP contribution in [-0.2, 0) is 0 Å². The molecule has 0 aromatic carbocycles. The summed E-state index contributed by atoms with van der Waals surface area (Å²) in [4.78, 5) is 16.2. The predicted octanol–water partition coefficient (Wildman–Crippen LogP) is 2.32. The number of fused-ring (bicyclic) bond motifs is 1. The molecule has 2 rings (SSSR count). The van der Waals surface area contributed by atoms with Gasteiger partial charge in [-0.15, -0.1) is 0 Å². The molecule has 0 atom stereocenters. The van der Waals surface area contributed by atoms with Gasteiger partial charge in [-0.25, -0.2) is 4.98 Å². The van der Waals surface area contributed by atoms with Crippen molar-refractivity contribution in [3.63, 3.8) is 0 Å². The lowest BCUT2D eigenvalue weighted by Gasteiger charge is -2.05. The maximum atomic E-state index is 12.1. The zero-order chi connectivity index (χ0) is 13.3. The van der Waals surface area contributed by atoms with E-state index in [4.69, 9.17) is 16.1 Å². The maximum Gasteiger partial charge on any atom is 0.258 e. The SMILES string of the molecule is C=C(Cl)CNC(=O)c1cc(C)nc2onc(C)c12. The molecule has 0 radical (unpaired) electrons. The van der Waals surface area contributed by atoms with E-state index in [0.717, 1.165) is 0 Å². The normalized spacial score (nSPS) is 10.6. The van der Waals surface area contributed by atoms with Crippen molar-refractivity contribution in [1.82, 2.24) is 15.5 Å². The van der Waals surface area contributed by atoms with E-state index >= 15 is 0 Å². The summed E-state index contributed by atoms with van der Waals surface area (Å²) in [6, 6.07) is 1.69. The Morgan fingerprint density at radius 3 is 2.94 bits per heavy atom. The quantitative estimate of drug-likeness (QED) is 0.925. The van der Waals surface area contributed by atoms with E-state index in [-0.39, 0.29) is 12.5 Å². The number of hydrogen-bond donors (Lipinski definition) is 1. The number of nitrogens with one attached hydrogen (secondary N) is 1. The molecular weight excluding hydrogens is 254 g/mol. The van der Waals surface area contributed by atoms with Gasteiger partial charge in [-0.3, -0.25) is 4.79 Å². The molecule has 6 heteroatoms. The Bertz CT molecular complexity index is 634. The van der Waals surface area contributed by atoms with Gasteiger partial charge in [0.05, 0.1) is 23.2 Å². The van der Waals surface area contributed by atoms with Crippen LogP contribution in [0, 0.1) is 13.8 Å². The molecule has 0 saturated carbocycles. The van der Waals surface area contributed by atoms with Crippen molar-refractivity contribution in [1.29, 1.82) is 0 Å². The van der Waals surface area contributed by atoms with E-state index in [9.17, 15) is 4.79 Å². The first kappa shape index (κ1) is 12.6. The van der Waals surface area contributed by atoms with Crippen molar-refractivity contribution in [2.45, 2.75) is 13.8 Å². The van der Waals surface area contributed by atoms with Gasteiger partial charge in [0.1, 0.15) is 0 Å². The smallest absolute Gasteiger partial charge is 0.258 e. The standard InChI is InChI=1S/C12H12ClN3O2/c1-6(13)5-14-11(17)9-4-7(2)15-12-10(9)8(3)16-18-12/h4H,1,5H2,2-3H3,(H,14,17). The van der Waals surface area contributed by atoms with Crippen LogP contribution in [0.15, 0.2) is 22.2 Å². The van der Waals surface area contributed by atoms with Crippen molar-refractivity contribution in [2.75, 3.05) is 6.54 Å². The van der Waals surface area contributed by atoms with E-state index in [1.54, 1.807) is 19.9 Å². The fourth-order valence-corrected chi connectivity index (χ4v) is 1.73. The molecule has 0 aliphatic heterocycles. The van der Waals surface area contributed by atoms with E-state index in [1.165, 1.54) is 0 Å². The monoisotopic (exact) mass is 265 g/mol. The Hall–Kier alpha value is -1.88. The molecule has 5 nitrogen and oxygen atoms in total. The van der Waals surface area contributed by atoms with Crippen molar-refractivity contribution in [2.24, 2.45) is 0 Å². The van der Waals surface area contributed by atoms with E-state index in [0.29, 0.717) is 33.1 Å². The van der Waals surface area contributed by atoms with Gasteiger partial charge in [0, 0.05) is 10.7 Å². The molecule has 0 bridgehead atoms. The molecule has 0 aliphatic carbocycles. The van der Waals surface area contributed by atoms with Crippen LogP contribution in [0.2, 0.25) is 0 Å². The Morgan fingerprint density at radius 2 is 2.28 bits per heavy atom. The number of pyridine rings is 1. The second kappa shape index (κ2) is 4.78. The fraction of sp³-hybridized carbons (Fsp3) is 0.250. The van der Waals surface area contributed by atoms with Crippen molar-refractivity contribution in [3.8, 4) is 0 Å².